The fourth-order valence-corrected chi connectivity index (χ4v) is 4.34. The number of aromatic nitrogens is 1. The van der Waals surface area contributed by atoms with Crippen LogP contribution in [-0.2, 0) is 4.74 Å². The zero-order valence-corrected chi connectivity index (χ0v) is 20.2. The average Bonchev–Trinajstić information content (AvgIpc) is 2.89. The van der Waals surface area contributed by atoms with Crippen LogP contribution in [0, 0.1) is 5.82 Å². The molecule has 3 heterocycles. The molecule has 0 amide bonds. The van der Waals surface area contributed by atoms with Gasteiger partial charge < -0.3 is 24.2 Å². The fraction of sp³-hybridized carbons (Fsp3) is 0.333. The van der Waals surface area contributed by atoms with E-state index in [1.165, 1.54) is 6.07 Å². The number of halogens is 1. The molecule has 0 saturated carbocycles. The van der Waals surface area contributed by atoms with Crippen molar-refractivity contribution in [2.75, 3.05) is 70.0 Å². The van der Waals surface area contributed by atoms with Crippen LogP contribution in [0.3, 0.4) is 0 Å². The van der Waals surface area contributed by atoms with Gasteiger partial charge >= 0.3 is 0 Å². The van der Waals surface area contributed by atoms with Crippen LogP contribution in [0.2, 0.25) is 0 Å². The van der Waals surface area contributed by atoms with Crippen molar-refractivity contribution in [1.29, 1.82) is 0 Å². The lowest BCUT2D eigenvalue weighted by molar-refractivity contribution is 0.122. The summed E-state index contributed by atoms with van der Waals surface area (Å²) in [6.45, 7) is 4.99. The Balaban J connectivity index is 1.47. The molecule has 2 aliphatic rings. The Bertz CT molecular complexity index is 1190. The lowest BCUT2D eigenvalue weighted by Crippen LogP contribution is -2.36. The molecule has 5 rings (SSSR count). The first-order valence-electron chi connectivity index (χ1n) is 11.9. The van der Waals surface area contributed by atoms with Gasteiger partial charge in [0.1, 0.15) is 24.8 Å². The quantitative estimate of drug-likeness (QED) is 0.511. The van der Waals surface area contributed by atoms with Crippen LogP contribution in [0.4, 0.5) is 21.5 Å². The van der Waals surface area contributed by atoms with Gasteiger partial charge in [-0.3, -0.25) is 9.98 Å². The minimum absolute atomic E-state index is 0.337. The zero-order chi connectivity index (χ0) is 24.2. The first-order valence-corrected chi connectivity index (χ1v) is 11.9. The van der Waals surface area contributed by atoms with E-state index in [9.17, 15) is 0 Å². The number of hydrogen-bond donors (Lipinski definition) is 0. The first kappa shape index (κ1) is 23.3. The molecule has 1 saturated heterocycles. The highest BCUT2D eigenvalue weighted by molar-refractivity contribution is 5.97. The predicted molar refractivity (Wildman–Crippen MR) is 138 cm³/mol. The summed E-state index contributed by atoms with van der Waals surface area (Å²) in [5, 5.41) is 0. The molecule has 0 spiro atoms. The monoisotopic (exact) mass is 475 g/mol. The number of rotatable bonds is 7. The summed E-state index contributed by atoms with van der Waals surface area (Å²) in [5.41, 5.74) is 4.87. The number of benzene rings is 2. The minimum atomic E-state index is -0.337. The molecule has 0 unspecified atom stereocenters. The van der Waals surface area contributed by atoms with Gasteiger partial charge in [0, 0.05) is 54.5 Å². The fourth-order valence-electron chi connectivity index (χ4n) is 4.34. The topological polar surface area (TPSA) is 53.4 Å². The van der Waals surface area contributed by atoms with E-state index in [4.69, 9.17) is 9.47 Å². The first-order chi connectivity index (χ1) is 17.1. The number of pyridine rings is 1. The molecule has 182 valence electrons. The van der Waals surface area contributed by atoms with Crippen LogP contribution in [-0.4, -0.2) is 76.3 Å². The summed E-state index contributed by atoms with van der Waals surface area (Å²) in [4.78, 5) is 15.6. The normalized spacial score (nSPS) is 15.4. The summed E-state index contributed by atoms with van der Waals surface area (Å²) in [5.74, 6) is 0.282. The third kappa shape index (κ3) is 5.13. The van der Waals surface area contributed by atoms with E-state index < -0.39 is 0 Å². The number of anilines is 3. The number of likely N-dealkylation sites (N-methyl/N-ethyl adjacent to an activating group) is 1. The number of morpholine rings is 1. The van der Waals surface area contributed by atoms with Gasteiger partial charge in [-0.25, -0.2) is 4.39 Å². The zero-order valence-electron chi connectivity index (χ0n) is 20.2. The summed E-state index contributed by atoms with van der Waals surface area (Å²) in [7, 11) is 3.98. The summed E-state index contributed by atoms with van der Waals surface area (Å²) >= 11 is 0. The van der Waals surface area contributed by atoms with Crippen molar-refractivity contribution in [3.05, 3.63) is 66.1 Å². The Hall–Kier alpha value is -3.49. The summed E-state index contributed by atoms with van der Waals surface area (Å²) in [6.07, 6.45) is 3.53. The molecule has 0 N–H and O–H groups in total. The second kappa shape index (κ2) is 10.4. The molecule has 2 aromatic carbocycles. The van der Waals surface area contributed by atoms with Gasteiger partial charge in [0.2, 0.25) is 0 Å². The van der Waals surface area contributed by atoms with Crippen LogP contribution >= 0.6 is 0 Å². The third-order valence-electron chi connectivity index (χ3n) is 6.22. The highest BCUT2D eigenvalue weighted by atomic mass is 19.1. The molecule has 35 heavy (non-hydrogen) atoms. The van der Waals surface area contributed by atoms with E-state index in [0.717, 1.165) is 55.5 Å². The van der Waals surface area contributed by atoms with Crippen molar-refractivity contribution in [2.24, 2.45) is 4.99 Å². The predicted octanol–water partition coefficient (Wildman–Crippen LogP) is 4.19. The number of hydrogen-bond acceptors (Lipinski definition) is 7. The third-order valence-corrected chi connectivity index (χ3v) is 6.22. The largest absolute Gasteiger partial charge is 0.492 e. The standard InChI is InChI=1S/C27H30FN5O2/c1-31(2)11-16-35-23-7-8-25(28)24(17-23)26-27-20(9-10-30-26)18-29-19-33(27)22-5-3-21(4-6-22)32-12-14-34-15-13-32/h3-10,17-18H,11-16,19H2,1-2H3. The number of aliphatic imine (C=N–C) groups is 1. The SMILES string of the molecule is CN(C)CCOc1ccc(F)c(-c2nccc3c2N(c2ccc(N4CCOCC4)cc2)CN=C3)c1. The van der Waals surface area contributed by atoms with Gasteiger partial charge in [0.05, 0.1) is 24.6 Å². The molecule has 0 bridgehead atoms. The maximum atomic E-state index is 15.1. The lowest BCUT2D eigenvalue weighted by atomic mass is 10.0. The Labute approximate surface area is 205 Å². The maximum Gasteiger partial charge on any atom is 0.132 e. The van der Waals surface area contributed by atoms with E-state index in [1.807, 2.05) is 31.3 Å². The molecule has 0 aliphatic carbocycles. The molecule has 3 aromatic rings. The highest BCUT2D eigenvalue weighted by Gasteiger charge is 2.24. The molecular formula is C27H30FN5O2. The second-order valence-electron chi connectivity index (χ2n) is 8.89. The highest BCUT2D eigenvalue weighted by Crippen LogP contribution is 2.40. The Morgan fingerprint density at radius 1 is 1.03 bits per heavy atom. The van der Waals surface area contributed by atoms with Crippen molar-refractivity contribution in [1.82, 2.24) is 9.88 Å². The molecule has 2 aliphatic heterocycles. The van der Waals surface area contributed by atoms with Crippen molar-refractivity contribution in [2.45, 2.75) is 0 Å². The molecular weight excluding hydrogens is 445 g/mol. The maximum absolute atomic E-state index is 15.1. The summed E-state index contributed by atoms with van der Waals surface area (Å²) in [6, 6.07) is 15.2. The second-order valence-corrected chi connectivity index (χ2v) is 8.89. The van der Waals surface area contributed by atoms with Gasteiger partial charge in [0.25, 0.3) is 0 Å². The molecule has 8 heteroatoms. The number of nitrogens with zero attached hydrogens (tertiary/aromatic N) is 5. The summed E-state index contributed by atoms with van der Waals surface area (Å²) < 4.78 is 26.4. The van der Waals surface area contributed by atoms with Crippen molar-refractivity contribution in [3.63, 3.8) is 0 Å². The van der Waals surface area contributed by atoms with Crippen LogP contribution in [0.1, 0.15) is 5.56 Å². The number of fused-ring (bicyclic) bond motifs is 1. The Kier molecular flexibility index (Phi) is 6.92. The van der Waals surface area contributed by atoms with Gasteiger partial charge in [0.15, 0.2) is 0 Å². The van der Waals surface area contributed by atoms with E-state index >= 15 is 4.39 Å². The van der Waals surface area contributed by atoms with E-state index in [-0.39, 0.29) is 5.82 Å². The Morgan fingerprint density at radius 2 is 1.80 bits per heavy atom. The van der Waals surface area contributed by atoms with Gasteiger partial charge in [-0.2, -0.15) is 0 Å². The van der Waals surface area contributed by atoms with E-state index in [2.05, 4.69) is 44.0 Å². The average molecular weight is 476 g/mol. The smallest absolute Gasteiger partial charge is 0.132 e. The van der Waals surface area contributed by atoms with Gasteiger partial charge in [-0.05, 0) is 62.6 Å². The van der Waals surface area contributed by atoms with Gasteiger partial charge in [-0.15, -0.1) is 0 Å². The number of ether oxygens (including phenoxy) is 2. The van der Waals surface area contributed by atoms with Crippen LogP contribution in [0.5, 0.6) is 5.75 Å². The van der Waals surface area contributed by atoms with Crippen LogP contribution < -0.4 is 14.5 Å². The van der Waals surface area contributed by atoms with Crippen molar-refractivity contribution >= 4 is 23.3 Å². The molecule has 7 nitrogen and oxygen atoms in total. The van der Waals surface area contributed by atoms with Crippen LogP contribution in [0.15, 0.2) is 59.7 Å². The van der Waals surface area contributed by atoms with E-state index in [1.54, 1.807) is 18.3 Å². The van der Waals surface area contributed by atoms with Crippen molar-refractivity contribution < 1.29 is 13.9 Å². The van der Waals surface area contributed by atoms with E-state index in [0.29, 0.717) is 30.3 Å². The molecule has 0 atom stereocenters. The molecule has 1 fully saturated rings. The Morgan fingerprint density at radius 3 is 2.57 bits per heavy atom. The minimum Gasteiger partial charge on any atom is -0.492 e. The van der Waals surface area contributed by atoms with Crippen molar-refractivity contribution in [3.8, 4) is 17.0 Å². The molecule has 1 aromatic heterocycles. The van der Waals surface area contributed by atoms with Gasteiger partial charge in [-0.1, -0.05) is 0 Å². The molecule has 0 radical (unpaired) electrons. The lowest BCUT2D eigenvalue weighted by Gasteiger charge is -2.31. The van der Waals surface area contributed by atoms with Crippen LogP contribution in [0.25, 0.3) is 11.3 Å².